The van der Waals surface area contributed by atoms with Crippen LogP contribution in [0.5, 0.6) is 0 Å². The van der Waals surface area contributed by atoms with E-state index < -0.39 is 0 Å². The Hall–Kier alpha value is -0.570. The van der Waals surface area contributed by atoms with Gasteiger partial charge in [0.1, 0.15) is 6.61 Å². The second-order valence-corrected chi connectivity index (χ2v) is 1.68. The lowest BCUT2D eigenvalue weighted by Crippen LogP contribution is -2.31. The van der Waals surface area contributed by atoms with E-state index in [2.05, 4.69) is 4.74 Å². The van der Waals surface area contributed by atoms with Crippen LogP contribution in [0.3, 0.4) is 0 Å². The van der Waals surface area contributed by atoms with Crippen LogP contribution in [0, 0.1) is 0 Å². The Morgan fingerprint density at radius 2 is 2.38 bits per heavy atom. The average molecular weight is 116 g/mol. The van der Waals surface area contributed by atoms with E-state index in [1.165, 1.54) is 0 Å². The van der Waals surface area contributed by atoms with Crippen molar-refractivity contribution in [1.29, 1.82) is 0 Å². The molecule has 8 heavy (non-hydrogen) atoms. The molecule has 1 fully saturated rings. The van der Waals surface area contributed by atoms with E-state index in [4.69, 9.17) is 4.74 Å². The summed E-state index contributed by atoms with van der Waals surface area (Å²) in [6, 6.07) is 0. The Kier molecular flexibility index (Phi) is 1.48. The molecule has 1 heterocycles. The molecule has 3 heteroatoms. The third kappa shape index (κ3) is 0.980. The first-order chi connectivity index (χ1) is 3.80. The van der Waals surface area contributed by atoms with E-state index >= 15 is 0 Å². The predicted molar refractivity (Wildman–Crippen MR) is 26.4 cm³/mol. The highest BCUT2D eigenvalue weighted by molar-refractivity contribution is 5.74. The molecule has 1 saturated heterocycles. The van der Waals surface area contributed by atoms with Crippen LogP contribution in [0.15, 0.2) is 0 Å². The molecule has 0 aromatic carbocycles. The van der Waals surface area contributed by atoms with Crippen molar-refractivity contribution in [2.24, 2.45) is 0 Å². The number of cyclic esters (lactones) is 1. The Morgan fingerprint density at radius 3 is 2.75 bits per heavy atom. The lowest BCUT2D eigenvalue weighted by molar-refractivity contribution is -0.169. The smallest absolute Gasteiger partial charge is 0.335 e. The van der Waals surface area contributed by atoms with Crippen molar-refractivity contribution in [3.05, 3.63) is 0 Å². The van der Waals surface area contributed by atoms with Crippen LogP contribution >= 0.6 is 0 Å². The Morgan fingerprint density at radius 1 is 1.62 bits per heavy atom. The summed E-state index contributed by atoms with van der Waals surface area (Å²) in [7, 11) is 0. The van der Waals surface area contributed by atoms with Crippen molar-refractivity contribution in [3.8, 4) is 0 Å². The fraction of sp³-hybridized carbons (Fsp3) is 0.800. The lowest BCUT2D eigenvalue weighted by atomic mass is 10.4. The molecule has 3 nitrogen and oxygen atoms in total. The van der Waals surface area contributed by atoms with Crippen LogP contribution in [-0.2, 0) is 14.3 Å². The number of rotatable bonds is 0. The monoisotopic (exact) mass is 116 g/mol. The van der Waals surface area contributed by atoms with Gasteiger partial charge in [-0.2, -0.15) is 0 Å². The van der Waals surface area contributed by atoms with Gasteiger partial charge in [-0.25, -0.2) is 4.79 Å². The van der Waals surface area contributed by atoms with Gasteiger partial charge in [-0.3, -0.25) is 0 Å². The molecule has 0 aromatic heterocycles. The summed E-state index contributed by atoms with van der Waals surface area (Å²) < 4.78 is 9.54. The zero-order chi connectivity index (χ0) is 5.98. The van der Waals surface area contributed by atoms with Crippen molar-refractivity contribution in [1.82, 2.24) is 0 Å². The van der Waals surface area contributed by atoms with Gasteiger partial charge < -0.3 is 9.47 Å². The minimum atomic E-state index is -0.358. The van der Waals surface area contributed by atoms with Gasteiger partial charge in [0.15, 0.2) is 6.10 Å². The molecule has 0 amide bonds. The number of carbonyl (C=O) groups is 1. The van der Waals surface area contributed by atoms with E-state index in [1.54, 1.807) is 6.92 Å². The summed E-state index contributed by atoms with van der Waals surface area (Å²) in [5, 5.41) is 0. The van der Waals surface area contributed by atoms with Crippen molar-refractivity contribution in [2.75, 3.05) is 13.2 Å². The normalized spacial score (nSPS) is 29.6. The van der Waals surface area contributed by atoms with E-state index in [0.29, 0.717) is 13.2 Å². The molecule has 1 unspecified atom stereocenters. The number of carbonyl (C=O) groups excluding carboxylic acids is 1. The molecular formula is C5H8O3. The molecule has 46 valence electrons. The van der Waals surface area contributed by atoms with Crippen LogP contribution < -0.4 is 0 Å². The molecule has 0 aromatic rings. The maximum atomic E-state index is 10.4. The van der Waals surface area contributed by atoms with E-state index in [0.717, 1.165) is 0 Å². The second-order valence-electron chi connectivity index (χ2n) is 1.68. The van der Waals surface area contributed by atoms with Crippen molar-refractivity contribution in [2.45, 2.75) is 13.0 Å². The summed E-state index contributed by atoms with van der Waals surface area (Å²) in [5.74, 6) is -0.253. The van der Waals surface area contributed by atoms with Gasteiger partial charge in [0, 0.05) is 0 Å². The third-order valence-electron chi connectivity index (χ3n) is 1.03. The van der Waals surface area contributed by atoms with Crippen molar-refractivity contribution >= 4 is 5.97 Å². The number of hydrogen-bond acceptors (Lipinski definition) is 3. The maximum absolute atomic E-state index is 10.4. The van der Waals surface area contributed by atoms with Crippen molar-refractivity contribution in [3.63, 3.8) is 0 Å². The van der Waals surface area contributed by atoms with Crippen LogP contribution in [0.25, 0.3) is 0 Å². The first-order valence-electron chi connectivity index (χ1n) is 2.59. The minimum Gasteiger partial charge on any atom is -0.461 e. The zero-order valence-electron chi connectivity index (χ0n) is 4.72. The van der Waals surface area contributed by atoms with Crippen LogP contribution in [0.1, 0.15) is 6.92 Å². The largest absolute Gasteiger partial charge is 0.461 e. The van der Waals surface area contributed by atoms with Gasteiger partial charge in [-0.05, 0) is 6.92 Å². The predicted octanol–water partition coefficient (Wildman–Crippen LogP) is -0.0517. The highest BCUT2D eigenvalue weighted by atomic mass is 16.6. The van der Waals surface area contributed by atoms with Gasteiger partial charge in [-0.15, -0.1) is 0 Å². The summed E-state index contributed by atoms with van der Waals surface area (Å²) >= 11 is 0. The topological polar surface area (TPSA) is 35.5 Å². The molecule has 0 aliphatic carbocycles. The summed E-state index contributed by atoms with van der Waals surface area (Å²) in [5.41, 5.74) is 0. The molecule has 1 aliphatic heterocycles. The van der Waals surface area contributed by atoms with Crippen LogP contribution in [0.4, 0.5) is 0 Å². The van der Waals surface area contributed by atoms with E-state index in [9.17, 15) is 4.79 Å². The molecule has 0 N–H and O–H groups in total. The highest BCUT2D eigenvalue weighted by Crippen LogP contribution is 1.99. The molecule has 0 bridgehead atoms. The van der Waals surface area contributed by atoms with Gasteiger partial charge in [-0.1, -0.05) is 0 Å². The van der Waals surface area contributed by atoms with Gasteiger partial charge >= 0.3 is 5.97 Å². The third-order valence-corrected chi connectivity index (χ3v) is 1.03. The van der Waals surface area contributed by atoms with Crippen LogP contribution in [0.2, 0.25) is 0 Å². The highest BCUT2D eigenvalue weighted by Gasteiger charge is 2.18. The molecular weight excluding hydrogens is 108 g/mol. The number of ether oxygens (including phenoxy) is 2. The Balaban J connectivity index is 2.39. The summed E-state index contributed by atoms with van der Waals surface area (Å²) in [6.07, 6.45) is -0.358. The van der Waals surface area contributed by atoms with Gasteiger partial charge in [0.05, 0.1) is 6.61 Å². The molecule has 0 spiro atoms. The van der Waals surface area contributed by atoms with Gasteiger partial charge in [0.25, 0.3) is 0 Å². The Labute approximate surface area is 47.6 Å². The lowest BCUT2D eigenvalue weighted by Gasteiger charge is -2.17. The Bertz CT molecular complexity index is 99.8. The summed E-state index contributed by atoms with van der Waals surface area (Å²) in [4.78, 5) is 10.4. The molecule has 1 aliphatic rings. The molecule has 0 saturated carbocycles. The van der Waals surface area contributed by atoms with Crippen LogP contribution in [-0.4, -0.2) is 25.3 Å². The second kappa shape index (κ2) is 2.13. The van der Waals surface area contributed by atoms with Crippen molar-refractivity contribution < 1.29 is 14.3 Å². The first-order valence-corrected chi connectivity index (χ1v) is 2.59. The summed E-state index contributed by atoms with van der Waals surface area (Å²) in [6.45, 7) is 2.62. The number of esters is 1. The minimum absolute atomic E-state index is 0.253. The van der Waals surface area contributed by atoms with E-state index in [-0.39, 0.29) is 12.1 Å². The molecule has 1 atom stereocenters. The van der Waals surface area contributed by atoms with E-state index in [1.807, 2.05) is 0 Å². The number of hydrogen-bond donors (Lipinski definition) is 0. The fourth-order valence-electron chi connectivity index (χ4n) is 0.553. The molecule has 0 radical (unpaired) electrons. The standard InChI is InChI=1S/C5H8O3/c1-4-5(6)8-3-2-7-4/h4H,2-3H2,1H3. The SMILES string of the molecule is CC1OCCOC1=O. The average Bonchev–Trinajstić information content (AvgIpc) is 1.77. The molecule has 1 rings (SSSR count). The quantitative estimate of drug-likeness (QED) is 0.416. The maximum Gasteiger partial charge on any atom is 0.335 e. The van der Waals surface area contributed by atoms with Gasteiger partial charge in [0.2, 0.25) is 0 Å². The zero-order valence-corrected chi connectivity index (χ0v) is 4.72. The fourth-order valence-corrected chi connectivity index (χ4v) is 0.553. The first kappa shape index (κ1) is 5.56.